The maximum absolute atomic E-state index is 13.9. The minimum atomic E-state index is -0.211. The normalized spacial score (nSPS) is 13.7. The van der Waals surface area contributed by atoms with E-state index < -0.39 is 0 Å². The summed E-state index contributed by atoms with van der Waals surface area (Å²) in [6.07, 6.45) is 0.848. The second-order valence-corrected chi connectivity index (χ2v) is 10.9. The van der Waals surface area contributed by atoms with Gasteiger partial charge in [0.15, 0.2) is 5.16 Å². The van der Waals surface area contributed by atoms with Gasteiger partial charge >= 0.3 is 0 Å². The summed E-state index contributed by atoms with van der Waals surface area (Å²) in [6.45, 7) is 6.94. The van der Waals surface area contributed by atoms with Crippen LogP contribution in [0.1, 0.15) is 22.9 Å². The Labute approximate surface area is 216 Å². The van der Waals surface area contributed by atoms with Crippen molar-refractivity contribution in [2.24, 2.45) is 0 Å². The lowest BCUT2D eigenvalue weighted by Crippen LogP contribution is -2.30. The Morgan fingerprint density at radius 3 is 2.71 bits per heavy atom. The van der Waals surface area contributed by atoms with Crippen LogP contribution in [0.4, 0.5) is 5.69 Å². The maximum Gasteiger partial charge on any atom is 0.267 e. The van der Waals surface area contributed by atoms with Crippen molar-refractivity contribution in [3.63, 3.8) is 0 Å². The Bertz CT molecular complexity index is 1460. The molecule has 1 aliphatic rings. The molecule has 2 aromatic heterocycles. The predicted octanol–water partition coefficient (Wildman–Crippen LogP) is 5.52. The molecular formula is C26H25ClN4O2S2. The van der Waals surface area contributed by atoms with Gasteiger partial charge < -0.3 is 5.32 Å². The van der Waals surface area contributed by atoms with Crippen molar-refractivity contribution in [3.05, 3.63) is 79.9 Å². The summed E-state index contributed by atoms with van der Waals surface area (Å²) in [5, 5.41) is 4.54. The minimum Gasteiger partial charge on any atom is -0.324 e. The van der Waals surface area contributed by atoms with Crippen LogP contribution in [0.2, 0.25) is 5.02 Å². The number of nitrogens with one attached hydrogen (secondary N) is 1. The number of thioether (sulfide) groups is 1. The third-order valence-corrected chi connectivity index (χ3v) is 8.52. The molecule has 4 aromatic rings. The van der Waals surface area contributed by atoms with Crippen LogP contribution in [0.15, 0.2) is 58.5 Å². The highest BCUT2D eigenvalue weighted by Gasteiger charge is 2.25. The van der Waals surface area contributed by atoms with E-state index in [1.807, 2.05) is 43.3 Å². The van der Waals surface area contributed by atoms with Gasteiger partial charge in [0.2, 0.25) is 5.91 Å². The van der Waals surface area contributed by atoms with Crippen molar-refractivity contribution in [2.75, 3.05) is 24.2 Å². The second kappa shape index (κ2) is 10.1. The van der Waals surface area contributed by atoms with Crippen molar-refractivity contribution >= 4 is 56.5 Å². The van der Waals surface area contributed by atoms with E-state index in [9.17, 15) is 9.59 Å². The molecule has 180 valence electrons. The van der Waals surface area contributed by atoms with Gasteiger partial charge in [-0.15, -0.1) is 11.3 Å². The molecule has 0 atom stereocenters. The number of nitrogens with zero attached hydrogens (tertiary/aromatic N) is 3. The van der Waals surface area contributed by atoms with E-state index in [1.165, 1.54) is 16.6 Å². The van der Waals surface area contributed by atoms with E-state index in [1.54, 1.807) is 28.0 Å². The summed E-state index contributed by atoms with van der Waals surface area (Å²) in [5.41, 5.74) is 3.47. The topological polar surface area (TPSA) is 67.2 Å². The van der Waals surface area contributed by atoms with Gasteiger partial charge in [0.05, 0.1) is 27.5 Å². The van der Waals surface area contributed by atoms with Gasteiger partial charge in [0.25, 0.3) is 5.56 Å². The monoisotopic (exact) mass is 524 g/mol. The fourth-order valence-electron chi connectivity index (χ4n) is 4.24. The number of para-hydroxylation sites is 1. The molecule has 0 saturated carbocycles. The molecular weight excluding hydrogens is 500 g/mol. The molecule has 35 heavy (non-hydrogen) atoms. The molecule has 1 amide bonds. The number of benzene rings is 2. The van der Waals surface area contributed by atoms with Crippen molar-refractivity contribution in [2.45, 2.75) is 32.0 Å². The number of carbonyl (C=O) groups excluding carboxylic acids is 1. The van der Waals surface area contributed by atoms with Gasteiger partial charge in [0.1, 0.15) is 4.83 Å². The third kappa shape index (κ3) is 4.89. The first-order valence-electron chi connectivity index (χ1n) is 11.5. The number of fused-ring (bicyclic) bond motifs is 3. The quantitative estimate of drug-likeness (QED) is 0.266. The van der Waals surface area contributed by atoms with E-state index in [4.69, 9.17) is 16.6 Å². The van der Waals surface area contributed by atoms with Crippen LogP contribution < -0.4 is 10.9 Å². The number of hydrogen-bond donors (Lipinski definition) is 1. The zero-order valence-corrected chi connectivity index (χ0v) is 21.9. The number of aryl methyl sites for hydroxylation is 1. The summed E-state index contributed by atoms with van der Waals surface area (Å²) in [6, 6.07) is 14.9. The number of carbonyl (C=O) groups is 1. The molecule has 1 aliphatic heterocycles. The van der Waals surface area contributed by atoms with Gasteiger partial charge in [-0.3, -0.25) is 19.1 Å². The van der Waals surface area contributed by atoms with Crippen LogP contribution >= 0.6 is 34.7 Å². The molecule has 9 heteroatoms. The summed E-state index contributed by atoms with van der Waals surface area (Å²) < 4.78 is 1.65. The largest absolute Gasteiger partial charge is 0.324 e. The van der Waals surface area contributed by atoms with Crippen molar-refractivity contribution < 1.29 is 4.79 Å². The van der Waals surface area contributed by atoms with E-state index in [-0.39, 0.29) is 17.2 Å². The average Bonchev–Trinajstić information content (AvgIpc) is 3.22. The van der Waals surface area contributed by atoms with Crippen LogP contribution in [-0.4, -0.2) is 39.2 Å². The van der Waals surface area contributed by atoms with Gasteiger partial charge in [-0.25, -0.2) is 4.98 Å². The number of anilines is 1. The van der Waals surface area contributed by atoms with E-state index in [2.05, 4.69) is 17.1 Å². The Hall–Kier alpha value is -2.65. The third-order valence-electron chi connectivity index (χ3n) is 6.14. The number of aromatic nitrogens is 2. The lowest BCUT2D eigenvalue weighted by molar-refractivity contribution is -0.113. The van der Waals surface area contributed by atoms with Gasteiger partial charge in [-0.05, 0) is 49.7 Å². The van der Waals surface area contributed by atoms with Gasteiger partial charge in [-0.2, -0.15) is 0 Å². The van der Waals surface area contributed by atoms with Crippen LogP contribution in [0.25, 0.3) is 15.9 Å². The summed E-state index contributed by atoms with van der Waals surface area (Å²) in [4.78, 5) is 35.8. The van der Waals surface area contributed by atoms with Crippen molar-refractivity contribution in [1.82, 2.24) is 14.5 Å². The molecule has 0 saturated heterocycles. The number of likely N-dealkylation sites (N-methyl/N-ethyl adjacent to an activating group) is 1. The van der Waals surface area contributed by atoms with Crippen molar-refractivity contribution in [3.8, 4) is 5.69 Å². The van der Waals surface area contributed by atoms with Gasteiger partial charge in [0, 0.05) is 18.0 Å². The van der Waals surface area contributed by atoms with Crippen LogP contribution in [0.3, 0.4) is 0 Å². The Morgan fingerprint density at radius 1 is 1.20 bits per heavy atom. The molecule has 0 bridgehead atoms. The zero-order chi connectivity index (χ0) is 24.5. The Kier molecular flexibility index (Phi) is 6.98. The standard InChI is InChI=1S/C26H25ClN4O2S2/c1-3-30-13-12-18-21(14-30)35-24-23(18)25(33)31(17-10-8-16(2)9-11-17)26(29-24)34-15-22(32)28-20-7-5-4-6-19(20)27/h4-11H,3,12-15H2,1-2H3,(H,28,32). The number of rotatable bonds is 6. The lowest BCUT2D eigenvalue weighted by Gasteiger charge is -2.25. The fourth-order valence-corrected chi connectivity index (χ4v) is 6.54. The number of halogens is 1. The fraction of sp³-hybridized carbons (Fsp3) is 0.269. The highest BCUT2D eigenvalue weighted by Crippen LogP contribution is 2.34. The molecule has 6 nitrogen and oxygen atoms in total. The smallest absolute Gasteiger partial charge is 0.267 e. The summed E-state index contributed by atoms with van der Waals surface area (Å²) in [5.74, 6) is -0.110. The number of thiophene rings is 1. The molecule has 2 aromatic carbocycles. The SMILES string of the molecule is CCN1CCc2c(sc3nc(SCC(=O)Nc4ccccc4Cl)n(-c4ccc(C)cc4)c(=O)c23)C1. The molecule has 1 N–H and O–H groups in total. The number of hydrogen-bond acceptors (Lipinski definition) is 6. The molecule has 0 unspecified atom stereocenters. The first-order chi connectivity index (χ1) is 16.9. The van der Waals surface area contributed by atoms with E-state index >= 15 is 0 Å². The van der Waals surface area contributed by atoms with Crippen molar-refractivity contribution in [1.29, 1.82) is 0 Å². The number of amides is 1. The highest BCUT2D eigenvalue weighted by atomic mass is 35.5. The highest BCUT2D eigenvalue weighted by molar-refractivity contribution is 7.99. The lowest BCUT2D eigenvalue weighted by atomic mass is 10.1. The Balaban J connectivity index is 1.53. The maximum atomic E-state index is 13.9. The molecule has 0 spiro atoms. The van der Waals surface area contributed by atoms with Crippen LogP contribution in [0.5, 0.6) is 0 Å². The molecule has 0 radical (unpaired) electrons. The molecule has 0 fully saturated rings. The van der Waals surface area contributed by atoms with E-state index in [0.717, 1.165) is 47.7 Å². The van der Waals surface area contributed by atoms with E-state index in [0.29, 0.717) is 21.3 Å². The van der Waals surface area contributed by atoms with Crippen LogP contribution in [0, 0.1) is 6.92 Å². The summed E-state index contributed by atoms with van der Waals surface area (Å²) >= 11 is 9.03. The van der Waals surface area contributed by atoms with Gasteiger partial charge in [-0.1, -0.05) is 60.1 Å². The second-order valence-electron chi connectivity index (χ2n) is 8.49. The predicted molar refractivity (Wildman–Crippen MR) is 145 cm³/mol. The first-order valence-corrected chi connectivity index (χ1v) is 13.7. The first kappa shape index (κ1) is 24.1. The molecule has 3 heterocycles. The summed E-state index contributed by atoms with van der Waals surface area (Å²) in [7, 11) is 0. The Morgan fingerprint density at radius 2 is 1.97 bits per heavy atom. The molecule has 0 aliphatic carbocycles. The zero-order valence-electron chi connectivity index (χ0n) is 19.5. The average molecular weight is 525 g/mol. The minimum absolute atomic E-state index is 0.0738. The van der Waals surface area contributed by atoms with Crippen LogP contribution in [-0.2, 0) is 17.8 Å². The molecule has 5 rings (SSSR count).